The Kier molecular flexibility index (Phi) is 10.4. The molecule has 0 atom stereocenters. The van der Waals surface area contributed by atoms with Crippen molar-refractivity contribution in [2.75, 3.05) is 0 Å². The van der Waals surface area contributed by atoms with Crippen LogP contribution in [0.2, 0.25) is 0 Å². The molecule has 0 unspecified atom stereocenters. The Morgan fingerprint density at radius 2 is 1.65 bits per heavy atom. The summed E-state index contributed by atoms with van der Waals surface area (Å²) in [5.41, 5.74) is 0.539. The molecule has 2 aromatic rings. The zero-order valence-corrected chi connectivity index (χ0v) is 19.2. The molecule has 0 saturated carbocycles. The van der Waals surface area contributed by atoms with Crippen molar-refractivity contribution >= 4 is 10.1 Å². The SMILES string of the molecule is CCCCCCCc1cccc(Oc2ccc([O-])cc2)c1S(=O)(=O)O.[K+]. The zero-order chi connectivity index (χ0) is 18.3. The Morgan fingerprint density at radius 1 is 1.00 bits per heavy atom. The number of hydrogen-bond acceptors (Lipinski definition) is 4. The van der Waals surface area contributed by atoms with E-state index in [0.717, 1.165) is 32.1 Å². The molecule has 0 amide bonds. The van der Waals surface area contributed by atoms with Crippen LogP contribution < -0.4 is 61.2 Å². The summed E-state index contributed by atoms with van der Waals surface area (Å²) in [7, 11) is -4.43. The van der Waals surface area contributed by atoms with Gasteiger partial charge in [0.05, 0.1) is 0 Å². The van der Waals surface area contributed by atoms with Crippen LogP contribution in [0.4, 0.5) is 0 Å². The van der Waals surface area contributed by atoms with Crippen LogP contribution in [0.5, 0.6) is 17.2 Å². The summed E-state index contributed by atoms with van der Waals surface area (Å²) in [5, 5.41) is 11.2. The predicted molar refractivity (Wildman–Crippen MR) is 94.7 cm³/mol. The van der Waals surface area contributed by atoms with Gasteiger partial charge in [-0.25, -0.2) is 0 Å². The van der Waals surface area contributed by atoms with Crippen LogP contribution in [0.25, 0.3) is 0 Å². The van der Waals surface area contributed by atoms with Gasteiger partial charge in [0.2, 0.25) is 0 Å². The van der Waals surface area contributed by atoms with Gasteiger partial charge < -0.3 is 9.84 Å². The number of hydrogen-bond donors (Lipinski definition) is 1. The van der Waals surface area contributed by atoms with Gasteiger partial charge in [0, 0.05) is 0 Å². The van der Waals surface area contributed by atoms with Crippen LogP contribution in [0, 0.1) is 0 Å². The Balaban J connectivity index is 0.00000338. The largest absolute Gasteiger partial charge is 1.00 e. The number of benzene rings is 2. The van der Waals surface area contributed by atoms with Gasteiger partial charge in [-0.1, -0.05) is 56.9 Å². The monoisotopic (exact) mass is 402 g/mol. The number of rotatable bonds is 9. The summed E-state index contributed by atoms with van der Waals surface area (Å²) >= 11 is 0. The molecule has 0 fully saturated rings. The second-order valence-electron chi connectivity index (χ2n) is 5.96. The van der Waals surface area contributed by atoms with Crippen LogP contribution in [-0.2, 0) is 16.5 Å². The van der Waals surface area contributed by atoms with Crippen molar-refractivity contribution in [3.8, 4) is 17.2 Å². The molecule has 136 valence electrons. The molecule has 0 aromatic heterocycles. The molecule has 2 rings (SSSR count). The van der Waals surface area contributed by atoms with Crippen molar-refractivity contribution in [2.45, 2.75) is 50.3 Å². The van der Waals surface area contributed by atoms with E-state index in [4.69, 9.17) is 4.74 Å². The molecule has 7 heteroatoms. The summed E-state index contributed by atoms with van der Waals surface area (Å²) in [6, 6.07) is 10.5. The van der Waals surface area contributed by atoms with E-state index < -0.39 is 10.1 Å². The third-order valence-electron chi connectivity index (χ3n) is 3.92. The van der Waals surface area contributed by atoms with Crippen molar-refractivity contribution < 1.29 is 74.2 Å². The van der Waals surface area contributed by atoms with E-state index in [1.807, 2.05) is 0 Å². The minimum atomic E-state index is -4.43. The van der Waals surface area contributed by atoms with Gasteiger partial charge in [-0.05, 0) is 36.6 Å². The number of unbranched alkanes of at least 4 members (excludes halogenated alkanes) is 4. The van der Waals surface area contributed by atoms with Crippen molar-refractivity contribution in [1.29, 1.82) is 0 Å². The minimum absolute atomic E-state index is 0. The van der Waals surface area contributed by atoms with E-state index in [1.54, 1.807) is 12.1 Å². The summed E-state index contributed by atoms with van der Waals surface area (Å²) in [4.78, 5) is -0.198. The minimum Gasteiger partial charge on any atom is -0.872 e. The Bertz CT molecular complexity index is 788. The van der Waals surface area contributed by atoms with E-state index in [1.165, 1.54) is 30.3 Å². The maximum Gasteiger partial charge on any atom is 1.00 e. The second-order valence-corrected chi connectivity index (χ2v) is 7.32. The summed E-state index contributed by atoms with van der Waals surface area (Å²) in [5.74, 6) is 0.236. The third-order valence-corrected chi connectivity index (χ3v) is 4.90. The van der Waals surface area contributed by atoms with Crippen LogP contribution >= 0.6 is 0 Å². The molecule has 0 aliphatic rings. The molecule has 0 heterocycles. The summed E-state index contributed by atoms with van der Waals surface area (Å²) in [6.45, 7) is 2.14. The van der Waals surface area contributed by atoms with Crippen LogP contribution in [-0.4, -0.2) is 13.0 Å². The molecule has 0 spiro atoms. The fourth-order valence-corrected chi connectivity index (χ4v) is 3.55. The molecule has 0 aliphatic heterocycles. The first-order chi connectivity index (χ1) is 11.9. The molecule has 2 aromatic carbocycles. The van der Waals surface area contributed by atoms with Crippen molar-refractivity contribution in [3.63, 3.8) is 0 Å². The molecule has 0 bridgehead atoms. The van der Waals surface area contributed by atoms with Crippen LogP contribution in [0.3, 0.4) is 0 Å². The van der Waals surface area contributed by atoms with Gasteiger partial charge in [0.1, 0.15) is 16.4 Å². The van der Waals surface area contributed by atoms with E-state index in [-0.39, 0.29) is 67.8 Å². The second kappa shape index (κ2) is 11.4. The Labute approximate surface area is 198 Å². The van der Waals surface area contributed by atoms with Crippen molar-refractivity contribution in [3.05, 3.63) is 48.0 Å². The van der Waals surface area contributed by atoms with E-state index >= 15 is 0 Å². The topological polar surface area (TPSA) is 86.7 Å². The number of ether oxygens (including phenoxy) is 1. The Hall–Kier alpha value is -0.414. The van der Waals surface area contributed by atoms with Gasteiger partial charge >= 0.3 is 51.4 Å². The van der Waals surface area contributed by atoms with Crippen molar-refractivity contribution in [2.24, 2.45) is 0 Å². The summed E-state index contributed by atoms with van der Waals surface area (Å²) < 4.78 is 39.0. The summed E-state index contributed by atoms with van der Waals surface area (Å²) in [6.07, 6.45) is 5.81. The van der Waals surface area contributed by atoms with Gasteiger partial charge in [-0.15, -0.1) is 5.75 Å². The maximum atomic E-state index is 11.9. The van der Waals surface area contributed by atoms with E-state index in [2.05, 4.69) is 6.92 Å². The first-order valence-electron chi connectivity index (χ1n) is 8.46. The first-order valence-corrected chi connectivity index (χ1v) is 9.90. The first kappa shape index (κ1) is 23.6. The molecule has 26 heavy (non-hydrogen) atoms. The average Bonchev–Trinajstić information content (AvgIpc) is 2.56. The molecule has 1 N–H and O–H groups in total. The average molecular weight is 403 g/mol. The predicted octanol–water partition coefficient (Wildman–Crippen LogP) is 1.32. The molecular weight excluding hydrogens is 379 g/mol. The quantitative estimate of drug-likeness (QED) is 0.388. The third kappa shape index (κ3) is 7.30. The zero-order valence-electron chi connectivity index (χ0n) is 15.3. The van der Waals surface area contributed by atoms with Gasteiger partial charge in [-0.3, -0.25) is 4.55 Å². The fraction of sp³-hybridized carbons (Fsp3) is 0.368. The molecule has 0 aliphatic carbocycles. The maximum absolute atomic E-state index is 11.9. The van der Waals surface area contributed by atoms with E-state index in [9.17, 15) is 18.1 Å². The normalized spacial score (nSPS) is 11.0. The smallest absolute Gasteiger partial charge is 0.872 e. The molecule has 0 radical (unpaired) electrons. The number of aryl methyl sites for hydroxylation is 1. The molecule has 0 saturated heterocycles. The van der Waals surface area contributed by atoms with Crippen molar-refractivity contribution in [1.82, 2.24) is 0 Å². The van der Waals surface area contributed by atoms with Gasteiger partial charge in [0.15, 0.2) is 0 Å². The standard InChI is InChI=1S/C19H24O5S.K/c1-2-3-4-5-6-8-15-9-7-10-18(19(15)25(21,22)23)24-17-13-11-16(20)12-14-17;/h7,9-14,20H,2-6,8H2,1H3,(H,21,22,23);/q;+1/p-1. The fourth-order valence-electron chi connectivity index (χ4n) is 2.68. The van der Waals surface area contributed by atoms with E-state index in [0.29, 0.717) is 17.7 Å². The van der Waals surface area contributed by atoms with Crippen LogP contribution in [0.1, 0.15) is 44.6 Å². The van der Waals surface area contributed by atoms with Gasteiger partial charge in [0.25, 0.3) is 10.1 Å². The molecular formula is C19H23KO5S. The van der Waals surface area contributed by atoms with Crippen LogP contribution in [0.15, 0.2) is 47.4 Å². The Morgan fingerprint density at radius 3 is 2.27 bits per heavy atom. The van der Waals surface area contributed by atoms with Gasteiger partial charge in [-0.2, -0.15) is 8.42 Å². The molecule has 5 nitrogen and oxygen atoms in total.